The summed E-state index contributed by atoms with van der Waals surface area (Å²) < 4.78 is 11.1. The average molecular weight is 425 g/mol. The minimum absolute atomic E-state index is 0.0130. The number of hydrogen-bond donors (Lipinski definition) is 0. The fraction of sp³-hybridized carbons (Fsp3) is 0.440. The van der Waals surface area contributed by atoms with Crippen LogP contribution in [-0.2, 0) is 27.2 Å². The molecule has 1 aliphatic rings. The number of carbonyl (C=O) groups excluding carboxylic acids is 2. The van der Waals surface area contributed by atoms with E-state index in [0.29, 0.717) is 19.9 Å². The molecular weight excluding hydrogens is 392 g/mol. The highest BCUT2D eigenvalue weighted by atomic mass is 16.6. The van der Waals surface area contributed by atoms with Gasteiger partial charge < -0.3 is 19.3 Å². The van der Waals surface area contributed by atoms with Crippen molar-refractivity contribution in [3.63, 3.8) is 0 Å². The molecule has 0 bridgehead atoms. The molecule has 2 aromatic rings. The van der Waals surface area contributed by atoms with E-state index >= 15 is 0 Å². The first-order valence-electron chi connectivity index (χ1n) is 10.7. The van der Waals surface area contributed by atoms with Gasteiger partial charge in [0.05, 0.1) is 12.6 Å². The van der Waals surface area contributed by atoms with Gasteiger partial charge in [0, 0.05) is 19.5 Å². The Kier molecular flexibility index (Phi) is 7.69. The van der Waals surface area contributed by atoms with Gasteiger partial charge in [0.1, 0.15) is 12.3 Å². The second-order valence-corrected chi connectivity index (χ2v) is 8.84. The summed E-state index contributed by atoms with van der Waals surface area (Å²) in [5.74, 6) is -0.0138. The highest BCUT2D eigenvalue weighted by Crippen LogP contribution is 2.18. The maximum absolute atomic E-state index is 13.0. The van der Waals surface area contributed by atoms with Crippen molar-refractivity contribution in [1.29, 1.82) is 0 Å². The van der Waals surface area contributed by atoms with Crippen LogP contribution in [0.4, 0.5) is 4.79 Å². The van der Waals surface area contributed by atoms with Crippen LogP contribution in [0.5, 0.6) is 0 Å². The Hall–Kier alpha value is -2.86. The van der Waals surface area contributed by atoms with Gasteiger partial charge in [0.15, 0.2) is 0 Å². The molecule has 1 fully saturated rings. The Labute approximate surface area is 184 Å². The minimum atomic E-state index is -0.598. The van der Waals surface area contributed by atoms with Gasteiger partial charge in [0.2, 0.25) is 5.91 Å². The maximum atomic E-state index is 13.0. The summed E-state index contributed by atoms with van der Waals surface area (Å²) in [6, 6.07) is 19.8. The molecule has 1 atom stereocenters. The zero-order valence-corrected chi connectivity index (χ0v) is 18.6. The summed E-state index contributed by atoms with van der Waals surface area (Å²) in [5, 5.41) is 0. The predicted octanol–water partition coefficient (Wildman–Crippen LogP) is 4.24. The normalized spacial score (nSPS) is 16.2. The standard InChI is InChI=1S/C25H32N2O4/c1-25(2,3)31-24(29)26(17-21-12-8-5-9-13-21)15-14-23(28)27-19-30-18-22(27)16-20-10-6-4-7-11-20/h4-13,22H,14-19H2,1-3H3/t22-/m0/s1. The number of carbonyl (C=O) groups is 2. The molecule has 0 aromatic heterocycles. The van der Waals surface area contributed by atoms with E-state index < -0.39 is 11.7 Å². The van der Waals surface area contributed by atoms with Gasteiger partial charge in [-0.15, -0.1) is 0 Å². The van der Waals surface area contributed by atoms with Crippen molar-refractivity contribution < 1.29 is 19.1 Å². The van der Waals surface area contributed by atoms with Crippen LogP contribution in [0.3, 0.4) is 0 Å². The summed E-state index contributed by atoms with van der Waals surface area (Å²) >= 11 is 0. The second kappa shape index (κ2) is 10.4. The van der Waals surface area contributed by atoms with Crippen LogP contribution in [-0.4, -0.2) is 53.3 Å². The average Bonchev–Trinajstić information content (AvgIpc) is 3.19. The number of amides is 2. The van der Waals surface area contributed by atoms with Crippen LogP contribution in [0.15, 0.2) is 60.7 Å². The highest BCUT2D eigenvalue weighted by Gasteiger charge is 2.30. The molecule has 6 nitrogen and oxygen atoms in total. The van der Waals surface area contributed by atoms with Crippen molar-refractivity contribution in [2.45, 2.75) is 51.8 Å². The topological polar surface area (TPSA) is 59.1 Å². The van der Waals surface area contributed by atoms with Gasteiger partial charge in [-0.3, -0.25) is 4.79 Å². The van der Waals surface area contributed by atoms with Gasteiger partial charge in [-0.25, -0.2) is 4.79 Å². The Morgan fingerprint density at radius 2 is 1.65 bits per heavy atom. The van der Waals surface area contributed by atoms with Crippen molar-refractivity contribution >= 4 is 12.0 Å². The quantitative estimate of drug-likeness (QED) is 0.667. The summed E-state index contributed by atoms with van der Waals surface area (Å²) in [6.45, 7) is 7.03. The SMILES string of the molecule is CC(C)(C)OC(=O)N(CCC(=O)N1COC[C@@H]1Cc1ccccc1)Cc1ccccc1. The lowest BCUT2D eigenvalue weighted by Gasteiger charge is -2.28. The number of nitrogens with zero attached hydrogens (tertiary/aromatic N) is 2. The van der Waals surface area contributed by atoms with Gasteiger partial charge >= 0.3 is 6.09 Å². The molecule has 3 rings (SSSR count). The number of ether oxygens (including phenoxy) is 2. The van der Waals surface area contributed by atoms with E-state index in [1.807, 2.05) is 69.3 Å². The van der Waals surface area contributed by atoms with Crippen molar-refractivity contribution in [3.8, 4) is 0 Å². The van der Waals surface area contributed by atoms with E-state index in [1.165, 1.54) is 5.56 Å². The molecule has 1 aliphatic heterocycles. The van der Waals surface area contributed by atoms with E-state index in [4.69, 9.17) is 9.47 Å². The van der Waals surface area contributed by atoms with E-state index in [2.05, 4.69) is 12.1 Å². The first kappa shape index (κ1) is 22.8. The Bertz CT molecular complexity index is 849. The second-order valence-electron chi connectivity index (χ2n) is 8.84. The molecule has 166 valence electrons. The van der Waals surface area contributed by atoms with Crippen LogP contribution in [0, 0.1) is 0 Å². The third-order valence-corrected chi connectivity index (χ3v) is 5.08. The Balaban J connectivity index is 1.62. The maximum Gasteiger partial charge on any atom is 0.410 e. The highest BCUT2D eigenvalue weighted by molar-refractivity contribution is 5.77. The summed E-state index contributed by atoms with van der Waals surface area (Å²) in [7, 11) is 0. The van der Waals surface area contributed by atoms with E-state index in [-0.39, 0.29) is 24.9 Å². The smallest absolute Gasteiger partial charge is 0.410 e. The lowest BCUT2D eigenvalue weighted by Crippen LogP contribution is -2.41. The molecule has 0 aliphatic carbocycles. The molecule has 1 saturated heterocycles. The Morgan fingerprint density at radius 3 is 2.26 bits per heavy atom. The zero-order chi connectivity index (χ0) is 22.3. The summed E-state index contributed by atoms with van der Waals surface area (Å²) in [5.41, 5.74) is 1.57. The van der Waals surface area contributed by atoms with Crippen LogP contribution in [0.25, 0.3) is 0 Å². The molecular formula is C25H32N2O4. The molecule has 1 heterocycles. The molecule has 6 heteroatoms. The molecule has 0 radical (unpaired) electrons. The largest absolute Gasteiger partial charge is 0.444 e. The number of hydrogen-bond acceptors (Lipinski definition) is 4. The zero-order valence-electron chi connectivity index (χ0n) is 18.6. The lowest BCUT2D eigenvalue weighted by molar-refractivity contribution is -0.133. The van der Waals surface area contributed by atoms with Crippen LogP contribution >= 0.6 is 0 Å². The van der Waals surface area contributed by atoms with Crippen LogP contribution < -0.4 is 0 Å². The van der Waals surface area contributed by atoms with Gasteiger partial charge in [-0.1, -0.05) is 60.7 Å². The third kappa shape index (κ3) is 7.10. The molecule has 31 heavy (non-hydrogen) atoms. The third-order valence-electron chi connectivity index (χ3n) is 5.08. The molecule has 0 N–H and O–H groups in total. The first-order chi connectivity index (χ1) is 14.8. The van der Waals surface area contributed by atoms with Crippen molar-refractivity contribution in [2.24, 2.45) is 0 Å². The Morgan fingerprint density at radius 1 is 1.03 bits per heavy atom. The summed E-state index contributed by atoms with van der Waals surface area (Å²) in [6.07, 6.45) is 0.565. The van der Waals surface area contributed by atoms with E-state index in [9.17, 15) is 9.59 Å². The molecule has 2 amide bonds. The van der Waals surface area contributed by atoms with Crippen molar-refractivity contribution in [2.75, 3.05) is 19.9 Å². The molecule has 2 aromatic carbocycles. The minimum Gasteiger partial charge on any atom is -0.444 e. The van der Waals surface area contributed by atoms with Gasteiger partial charge in [-0.2, -0.15) is 0 Å². The van der Waals surface area contributed by atoms with Gasteiger partial charge in [-0.05, 0) is 38.3 Å². The predicted molar refractivity (Wildman–Crippen MR) is 119 cm³/mol. The van der Waals surface area contributed by atoms with Crippen molar-refractivity contribution in [1.82, 2.24) is 9.80 Å². The first-order valence-corrected chi connectivity index (χ1v) is 10.7. The molecule has 0 spiro atoms. The number of rotatable bonds is 7. The monoisotopic (exact) mass is 424 g/mol. The fourth-order valence-corrected chi connectivity index (χ4v) is 3.55. The summed E-state index contributed by atoms with van der Waals surface area (Å²) in [4.78, 5) is 29.1. The lowest BCUT2D eigenvalue weighted by atomic mass is 10.1. The fourth-order valence-electron chi connectivity index (χ4n) is 3.55. The molecule has 0 unspecified atom stereocenters. The van der Waals surface area contributed by atoms with Crippen LogP contribution in [0.2, 0.25) is 0 Å². The van der Waals surface area contributed by atoms with Crippen molar-refractivity contribution in [3.05, 3.63) is 71.8 Å². The van der Waals surface area contributed by atoms with E-state index in [1.54, 1.807) is 9.80 Å². The number of benzene rings is 2. The van der Waals surface area contributed by atoms with Gasteiger partial charge in [0.25, 0.3) is 0 Å². The molecule has 0 saturated carbocycles. The van der Waals surface area contributed by atoms with E-state index in [0.717, 1.165) is 12.0 Å². The van der Waals surface area contributed by atoms with Crippen LogP contribution in [0.1, 0.15) is 38.3 Å².